The van der Waals surface area contributed by atoms with Gasteiger partial charge >= 0.3 is 5.97 Å². The highest BCUT2D eigenvalue weighted by molar-refractivity contribution is 7.89. The first kappa shape index (κ1) is 20.4. The van der Waals surface area contributed by atoms with Crippen LogP contribution in [0.4, 0.5) is 0 Å². The van der Waals surface area contributed by atoms with Crippen molar-refractivity contribution < 1.29 is 23.1 Å². The predicted octanol–water partition coefficient (Wildman–Crippen LogP) is 2.15. The Morgan fingerprint density at radius 2 is 2.04 bits per heavy atom. The normalized spacial score (nSPS) is 19.7. The van der Waals surface area contributed by atoms with Gasteiger partial charge in [-0.3, -0.25) is 9.59 Å². The molecule has 1 heterocycles. The number of aliphatic carboxylic acids is 1. The maximum Gasteiger partial charge on any atom is 0.305 e. The average Bonchev–Trinajstić information content (AvgIpc) is 2.54. The maximum absolute atomic E-state index is 13.0. The molecule has 1 aromatic rings. The molecule has 0 bridgehead atoms. The Morgan fingerprint density at radius 1 is 1.35 bits per heavy atom. The summed E-state index contributed by atoms with van der Waals surface area (Å²) >= 11 is 0. The van der Waals surface area contributed by atoms with Crippen molar-refractivity contribution in [2.45, 2.75) is 63.4 Å². The van der Waals surface area contributed by atoms with Crippen molar-refractivity contribution in [2.24, 2.45) is 0 Å². The Balaban J connectivity index is 2.28. The monoisotopic (exact) mass is 382 g/mol. The number of rotatable bonds is 6. The topological polar surface area (TPSA) is 104 Å². The van der Waals surface area contributed by atoms with Crippen LogP contribution < -0.4 is 5.32 Å². The van der Waals surface area contributed by atoms with Crippen molar-refractivity contribution in [1.82, 2.24) is 9.62 Å². The quantitative estimate of drug-likeness (QED) is 0.784. The lowest BCUT2D eigenvalue weighted by Crippen LogP contribution is -2.42. The first-order valence-corrected chi connectivity index (χ1v) is 10.2. The molecule has 0 unspecified atom stereocenters. The lowest BCUT2D eigenvalue weighted by atomic mass is 10.1. The van der Waals surface area contributed by atoms with Gasteiger partial charge in [-0.15, -0.1) is 0 Å². The van der Waals surface area contributed by atoms with Crippen LogP contribution in [0.15, 0.2) is 23.1 Å². The molecule has 0 saturated carbocycles. The van der Waals surface area contributed by atoms with Crippen LogP contribution in [-0.2, 0) is 14.8 Å². The van der Waals surface area contributed by atoms with Crippen molar-refractivity contribution in [2.75, 3.05) is 6.54 Å². The predicted molar refractivity (Wildman–Crippen MR) is 97.6 cm³/mol. The first-order chi connectivity index (χ1) is 12.1. The van der Waals surface area contributed by atoms with Crippen LogP contribution in [0.3, 0.4) is 0 Å². The second-order valence-corrected chi connectivity index (χ2v) is 8.80. The third-order valence-corrected chi connectivity index (χ3v) is 6.67. The number of carbonyl (C=O) groups excluding carboxylic acids is 1. The van der Waals surface area contributed by atoms with Crippen molar-refractivity contribution >= 4 is 21.9 Å². The zero-order valence-electron chi connectivity index (χ0n) is 15.4. The van der Waals surface area contributed by atoms with E-state index < -0.39 is 27.9 Å². The summed E-state index contributed by atoms with van der Waals surface area (Å²) in [6, 6.07) is 3.89. The minimum atomic E-state index is -3.67. The minimum Gasteiger partial charge on any atom is -0.481 e. The molecule has 7 nitrogen and oxygen atoms in total. The zero-order chi connectivity index (χ0) is 19.5. The van der Waals surface area contributed by atoms with Gasteiger partial charge in [0.15, 0.2) is 0 Å². The summed E-state index contributed by atoms with van der Waals surface area (Å²) in [6.45, 7) is 5.69. The van der Waals surface area contributed by atoms with E-state index in [1.165, 1.54) is 16.4 Å². The summed E-state index contributed by atoms with van der Waals surface area (Å²) in [7, 11) is -3.67. The van der Waals surface area contributed by atoms with Gasteiger partial charge in [0.05, 0.1) is 11.3 Å². The van der Waals surface area contributed by atoms with E-state index in [1.54, 1.807) is 19.9 Å². The number of sulfonamides is 1. The zero-order valence-corrected chi connectivity index (χ0v) is 16.2. The number of nitrogens with one attached hydrogen (secondary N) is 1. The van der Waals surface area contributed by atoms with Crippen LogP contribution >= 0.6 is 0 Å². The smallest absolute Gasteiger partial charge is 0.305 e. The molecule has 1 saturated heterocycles. The number of carboxylic acids is 1. The van der Waals surface area contributed by atoms with Gasteiger partial charge in [-0.25, -0.2) is 8.42 Å². The standard InChI is InChI=1S/C18H26N2O5S/c1-12-7-8-15(26(24,25)20-9-5-4-6-14(20)3)11-16(12)18(23)19-13(2)10-17(21)22/h7-8,11,13-14H,4-6,9-10H2,1-3H3,(H,19,23)(H,21,22)/t13-,14+/m0/s1. The average molecular weight is 382 g/mol. The Kier molecular flexibility index (Phi) is 6.41. The van der Waals surface area contributed by atoms with E-state index in [-0.39, 0.29) is 22.9 Å². The molecule has 2 atom stereocenters. The molecule has 144 valence electrons. The molecule has 0 aromatic heterocycles. The Labute approximate surface area is 154 Å². The molecule has 8 heteroatoms. The number of piperidine rings is 1. The summed E-state index contributed by atoms with van der Waals surface area (Å²) in [5, 5.41) is 11.4. The molecule has 0 radical (unpaired) electrons. The molecule has 0 aliphatic carbocycles. The van der Waals surface area contributed by atoms with Crippen molar-refractivity contribution in [3.63, 3.8) is 0 Å². The van der Waals surface area contributed by atoms with Crippen molar-refractivity contribution in [3.8, 4) is 0 Å². The van der Waals surface area contributed by atoms with Crippen LogP contribution in [0.2, 0.25) is 0 Å². The summed E-state index contributed by atoms with van der Waals surface area (Å²) in [5.41, 5.74) is 0.878. The highest BCUT2D eigenvalue weighted by Gasteiger charge is 2.31. The fraction of sp³-hybridized carbons (Fsp3) is 0.556. The molecule has 26 heavy (non-hydrogen) atoms. The minimum absolute atomic E-state index is 0.0667. The molecule has 2 N–H and O–H groups in total. The molecular weight excluding hydrogens is 356 g/mol. The van der Waals surface area contributed by atoms with Gasteiger partial charge in [-0.1, -0.05) is 12.5 Å². The van der Waals surface area contributed by atoms with Crippen LogP contribution in [0.1, 0.15) is 55.5 Å². The van der Waals surface area contributed by atoms with E-state index in [0.29, 0.717) is 12.1 Å². The van der Waals surface area contributed by atoms with E-state index in [9.17, 15) is 18.0 Å². The summed E-state index contributed by atoms with van der Waals surface area (Å²) in [4.78, 5) is 23.3. The lowest BCUT2D eigenvalue weighted by molar-refractivity contribution is -0.137. The van der Waals surface area contributed by atoms with E-state index in [4.69, 9.17) is 5.11 Å². The molecule has 1 amide bonds. The van der Waals surface area contributed by atoms with Crippen molar-refractivity contribution in [1.29, 1.82) is 0 Å². The maximum atomic E-state index is 13.0. The first-order valence-electron chi connectivity index (χ1n) is 8.78. The number of carboxylic acid groups (broad SMARTS) is 1. The summed E-state index contributed by atoms with van der Waals surface area (Å²) in [6.07, 6.45) is 2.46. The molecule has 1 aliphatic heterocycles. The van der Waals surface area contributed by atoms with Gasteiger partial charge in [0.1, 0.15) is 0 Å². The third-order valence-electron chi connectivity index (χ3n) is 4.66. The van der Waals surface area contributed by atoms with Gasteiger partial charge in [-0.2, -0.15) is 4.31 Å². The molecule has 1 aromatic carbocycles. The summed E-state index contributed by atoms with van der Waals surface area (Å²) < 4.78 is 27.4. The van der Waals surface area contributed by atoms with Crippen molar-refractivity contribution in [3.05, 3.63) is 29.3 Å². The molecule has 1 fully saturated rings. The fourth-order valence-corrected chi connectivity index (χ4v) is 4.91. The van der Waals surface area contributed by atoms with E-state index in [1.807, 2.05) is 6.92 Å². The van der Waals surface area contributed by atoms with Gasteiger partial charge in [0.2, 0.25) is 10.0 Å². The van der Waals surface area contributed by atoms with Gasteiger partial charge < -0.3 is 10.4 Å². The van der Waals surface area contributed by atoms with Crippen LogP contribution in [-0.4, -0.2) is 48.3 Å². The molecule has 1 aliphatic rings. The number of hydrogen-bond donors (Lipinski definition) is 2. The number of amides is 1. The molecule has 0 spiro atoms. The fourth-order valence-electron chi connectivity index (χ4n) is 3.18. The number of hydrogen-bond acceptors (Lipinski definition) is 4. The van der Waals surface area contributed by atoms with E-state index in [2.05, 4.69) is 5.32 Å². The third kappa shape index (κ3) is 4.62. The lowest BCUT2D eigenvalue weighted by Gasteiger charge is -2.32. The molecule has 2 rings (SSSR count). The number of carbonyl (C=O) groups is 2. The Morgan fingerprint density at radius 3 is 2.65 bits per heavy atom. The van der Waals surface area contributed by atoms with Gasteiger partial charge in [-0.05, 0) is 51.3 Å². The number of nitrogens with zero attached hydrogens (tertiary/aromatic N) is 1. The Hall–Kier alpha value is -1.93. The largest absolute Gasteiger partial charge is 0.481 e. The molecular formula is C18H26N2O5S. The Bertz CT molecular complexity index is 791. The van der Waals surface area contributed by atoms with E-state index >= 15 is 0 Å². The second kappa shape index (κ2) is 8.18. The van der Waals surface area contributed by atoms with Crippen LogP contribution in [0.5, 0.6) is 0 Å². The highest BCUT2D eigenvalue weighted by Crippen LogP contribution is 2.26. The van der Waals surface area contributed by atoms with Crippen LogP contribution in [0, 0.1) is 6.92 Å². The van der Waals surface area contributed by atoms with Gasteiger partial charge in [0, 0.05) is 24.2 Å². The summed E-state index contributed by atoms with van der Waals surface area (Å²) in [5.74, 6) is -1.48. The number of aryl methyl sites for hydroxylation is 1. The number of benzene rings is 1. The van der Waals surface area contributed by atoms with Crippen LogP contribution in [0.25, 0.3) is 0 Å². The second-order valence-electron chi connectivity index (χ2n) is 6.91. The SMILES string of the molecule is Cc1ccc(S(=O)(=O)N2CCCC[C@H]2C)cc1C(=O)N[C@@H](C)CC(=O)O. The van der Waals surface area contributed by atoms with Gasteiger partial charge in [0.25, 0.3) is 5.91 Å². The highest BCUT2D eigenvalue weighted by atomic mass is 32.2. The van der Waals surface area contributed by atoms with E-state index in [0.717, 1.165) is 19.3 Å².